The zero-order valence-electron chi connectivity index (χ0n) is 27.2. The molecule has 0 saturated carbocycles. The number of hydrogen-bond donors (Lipinski definition) is 12. The molecule has 0 bridgehead atoms. The van der Waals surface area contributed by atoms with Crippen LogP contribution in [0.15, 0.2) is 0 Å². The van der Waals surface area contributed by atoms with Crippen LogP contribution in [0.3, 0.4) is 0 Å². The van der Waals surface area contributed by atoms with E-state index in [2.05, 4.69) is 0 Å². The molecule has 23 heteroatoms. The highest BCUT2D eigenvalue weighted by atomic mass is 16.8. The highest BCUT2D eigenvalue weighted by Gasteiger charge is 2.54. The topological polar surface area (TPSA) is 352 Å². The van der Waals surface area contributed by atoms with Crippen molar-refractivity contribution < 1.29 is 113 Å². The first-order valence-electron chi connectivity index (χ1n) is 16.1. The lowest BCUT2D eigenvalue weighted by molar-refractivity contribution is -0.388. The minimum Gasteiger partial charge on any atom is -0.479 e. The molecule has 0 amide bonds. The van der Waals surface area contributed by atoms with Crippen LogP contribution in [0.1, 0.15) is 6.92 Å². The largest absolute Gasteiger partial charge is 0.479 e. The Morgan fingerprint density at radius 3 is 1.59 bits per heavy atom. The van der Waals surface area contributed by atoms with Crippen molar-refractivity contribution in [1.82, 2.24) is 0 Å². The van der Waals surface area contributed by atoms with E-state index in [0.29, 0.717) is 0 Å². The van der Waals surface area contributed by atoms with E-state index in [1.54, 1.807) is 0 Å². The molecule has 12 N–H and O–H groups in total. The zero-order chi connectivity index (χ0) is 37.5. The Morgan fingerprint density at radius 2 is 1.04 bits per heavy atom. The second-order valence-corrected chi connectivity index (χ2v) is 12.8. The first-order chi connectivity index (χ1) is 24.0. The van der Waals surface area contributed by atoms with Gasteiger partial charge in [-0.15, -0.1) is 0 Å². The van der Waals surface area contributed by atoms with Gasteiger partial charge < -0.3 is 109 Å². The molecule has 0 spiro atoms. The van der Waals surface area contributed by atoms with Gasteiger partial charge in [-0.2, -0.15) is 0 Å². The number of aliphatic carboxylic acids is 1. The maximum Gasteiger partial charge on any atom is 0.335 e. The minimum atomic E-state index is -1.95. The van der Waals surface area contributed by atoms with E-state index in [1.165, 1.54) is 6.92 Å². The van der Waals surface area contributed by atoms with Crippen molar-refractivity contribution in [3.05, 3.63) is 0 Å². The van der Waals surface area contributed by atoms with E-state index in [0.717, 1.165) is 7.11 Å². The van der Waals surface area contributed by atoms with Gasteiger partial charge in [0.2, 0.25) is 0 Å². The number of methoxy groups -OCH3 is 1. The summed E-state index contributed by atoms with van der Waals surface area (Å²) in [6.07, 6.45) is -37.6. The summed E-state index contributed by atoms with van der Waals surface area (Å²) < 4.78 is 55.1. The molecule has 5 aliphatic heterocycles. The van der Waals surface area contributed by atoms with Crippen LogP contribution in [0, 0.1) is 0 Å². The van der Waals surface area contributed by atoms with Crippen LogP contribution < -0.4 is 0 Å². The van der Waals surface area contributed by atoms with Crippen molar-refractivity contribution in [2.45, 2.75) is 142 Å². The van der Waals surface area contributed by atoms with Crippen molar-refractivity contribution in [1.29, 1.82) is 0 Å². The maximum absolute atomic E-state index is 11.8. The average Bonchev–Trinajstić information content (AvgIpc) is 3.09. The molecule has 0 aliphatic carbocycles. The maximum atomic E-state index is 11.8. The molecule has 0 aromatic heterocycles. The zero-order valence-corrected chi connectivity index (χ0v) is 27.2. The van der Waals surface area contributed by atoms with Crippen molar-refractivity contribution in [3.8, 4) is 0 Å². The van der Waals surface area contributed by atoms with Crippen molar-refractivity contribution in [2.24, 2.45) is 0 Å². The van der Waals surface area contributed by atoms with E-state index in [9.17, 15) is 66.1 Å². The molecule has 22 unspecified atom stereocenters. The summed E-state index contributed by atoms with van der Waals surface area (Å²) in [5.74, 6) is -1.58. The Labute approximate surface area is 288 Å². The Bertz CT molecular complexity index is 1140. The number of carboxylic acid groups (broad SMARTS) is 1. The van der Waals surface area contributed by atoms with E-state index >= 15 is 0 Å². The highest BCUT2D eigenvalue weighted by Crippen LogP contribution is 2.33. The molecule has 0 radical (unpaired) electrons. The van der Waals surface area contributed by atoms with Crippen LogP contribution in [-0.2, 0) is 52.2 Å². The quantitative estimate of drug-likeness (QED) is 0.0986. The van der Waals surface area contributed by atoms with Gasteiger partial charge in [-0.25, -0.2) is 4.79 Å². The third-order valence-corrected chi connectivity index (χ3v) is 9.34. The van der Waals surface area contributed by atoms with Gasteiger partial charge in [-0.05, 0) is 6.92 Å². The van der Waals surface area contributed by atoms with E-state index < -0.39 is 161 Å². The molecule has 5 heterocycles. The minimum absolute atomic E-state index is 0.534. The number of aliphatic hydroxyl groups excluding tert-OH is 11. The first-order valence-corrected chi connectivity index (χ1v) is 16.1. The lowest BCUT2D eigenvalue weighted by Gasteiger charge is -2.47. The SMILES string of the molecule is COC1C(C(=O)O)OC(OC2C(OC3COC(O)C(O)C3OC3OCC(O)C(O)C3OC3OC(C)C(O)C(O)C3O)OCC(O)C2O)C(O)C1O. The number of carboxylic acids is 1. The van der Waals surface area contributed by atoms with Crippen molar-refractivity contribution >= 4 is 5.97 Å². The van der Waals surface area contributed by atoms with Crippen LogP contribution >= 0.6 is 0 Å². The lowest BCUT2D eigenvalue weighted by atomic mass is 9.98. The fourth-order valence-corrected chi connectivity index (χ4v) is 6.28. The Hall–Kier alpha value is -1.37. The van der Waals surface area contributed by atoms with Gasteiger partial charge in [0.05, 0.1) is 25.9 Å². The molecular weight excluding hydrogens is 704 g/mol. The number of rotatable bonds is 10. The number of hydrogen-bond acceptors (Lipinski definition) is 22. The van der Waals surface area contributed by atoms with Gasteiger partial charge in [0.1, 0.15) is 91.6 Å². The van der Waals surface area contributed by atoms with Gasteiger partial charge in [0, 0.05) is 7.11 Å². The van der Waals surface area contributed by atoms with E-state index in [4.69, 9.17) is 47.4 Å². The second kappa shape index (κ2) is 17.0. The third-order valence-electron chi connectivity index (χ3n) is 9.34. The van der Waals surface area contributed by atoms with Crippen LogP contribution in [0.5, 0.6) is 0 Å². The predicted octanol–water partition coefficient (Wildman–Crippen LogP) is -8.23. The molecule has 5 fully saturated rings. The van der Waals surface area contributed by atoms with Gasteiger partial charge in [0.25, 0.3) is 0 Å². The highest BCUT2D eigenvalue weighted by molar-refractivity contribution is 5.73. The summed E-state index contributed by atoms with van der Waals surface area (Å²) in [6.45, 7) is -0.266. The van der Waals surface area contributed by atoms with Crippen molar-refractivity contribution in [3.63, 3.8) is 0 Å². The molecule has 0 aromatic rings. The number of aliphatic hydroxyl groups is 11. The third kappa shape index (κ3) is 8.49. The molecule has 296 valence electrons. The number of ether oxygens (including phenoxy) is 10. The Kier molecular flexibility index (Phi) is 13.6. The average molecular weight is 751 g/mol. The Balaban J connectivity index is 1.34. The molecule has 5 aliphatic rings. The number of carbonyl (C=O) groups is 1. The van der Waals surface area contributed by atoms with Crippen molar-refractivity contribution in [2.75, 3.05) is 26.9 Å². The fourth-order valence-electron chi connectivity index (χ4n) is 6.28. The van der Waals surface area contributed by atoms with Gasteiger partial charge in [-0.1, -0.05) is 0 Å². The molecule has 23 nitrogen and oxygen atoms in total. The summed E-state index contributed by atoms with van der Waals surface area (Å²) in [4.78, 5) is 11.8. The van der Waals surface area contributed by atoms with E-state index in [-0.39, 0.29) is 0 Å². The summed E-state index contributed by atoms with van der Waals surface area (Å²) >= 11 is 0. The van der Waals surface area contributed by atoms with Crippen LogP contribution in [-0.4, -0.2) is 229 Å². The first kappa shape index (κ1) is 40.8. The molecular formula is C28H46O23. The monoisotopic (exact) mass is 750 g/mol. The summed E-state index contributed by atoms with van der Waals surface area (Å²) in [5.41, 5.74) is 0. The van der Waals surface area contributed by atoms with Crippen LogP contribution in [0.25, 0.3) is 0 Å². The van der Waals surface area contributed by atoms with Gasteiger partial charge in [0.15, 0.2) is 37.6 Å². The molecule has 22 atom stereocenters. The van der Waals surface area contributed by atoms with Gasteiger partial charge in [-0.3, -0.25) is 0 Å². The standard InChI is InChI=1S/C28H46O23/c1-6-10(31)13(34)15(36)25(46-6)49-21-12(33)8(30)4-45-28(21)48-18-9(5-43-24(41)17(18)38)47-27-20(11(32)7(29)3-44-27)50-26-16(37)14(35)19(42-2)22(51-26)23(39)40/h6-22,24-38,41H,3-5H2,1-2H3,(H,39,40). The second-order valence-electron chi connectivity index (χ2n) is 12.8. The molecule has 51 heavy (non-hydrogen) atoms. The fraction of sp³-hybridized carbons (Fsp3) is 0.964. The molecule has 5 saturated heterocycles. The van der Waals surface area contributed by atoms with Crippen LogP contribution in [0.2, 0.25) is 0 Å². The summed E-state index contributed by atoms with van der Waals surface area (Å²) in [7, 11) is 1.08. The van der Waals surface area contributed by atoms with Gasteiger partial charge >= 0.3 is 5.97 Å². The van der Waals surface area contributed by atoms with Crippen LogP contribution in [0.4, 0.5) is 0 Å². The molecule has 0 aromatic carbocycles. The smallest absolute Gasteiger partial charge is 0.335 e. The summed E-state index contributed by atoms with van der Waals surface area (Å²) in [6, 6.07) is 0. The molecule has 5 rings (SSSR count). The summed E-state index contributed by atoms with van der Waals surface area (Å²) in [5, 5.41) is 125. The lowest BCUT2D eigenvalue weighted by Crippen LogP contribution is -2.65. The van der Waals surface area contributed by atoms with E-state index in [1.807, 2.05) is 0 Å². The normalized spacial score (nSPS) is 52.7. The predicted molar refractivity (Wildman–Crippen MR) is 152 cm³/mol. The Morgan fingerprint density at radius 1 is 0.529 bits per heavy atom.